The van der Waals surface area contributed by atoms with Crippen LogP contribution < -0.4 is 5.73 Å². The van der Waals surface area contributed by atoms with Crippen molar-refractivity contribution < 1.29 is 0 Å². The zero-order chi connectivity index (χ0) is 9.97. The number of anilines is 1. The summed E-state index contributed by atoms with van der Waals surface area (Å²) in [5.41, 5.74) is 10.3. The molecular formula is C13H13N. The molecule has 0 unspecified atom stereocenters. The van der Waals surface area contributed by atoms with Crippen molar-refractivity contribution in [2.24, 2.45) is 0 Å². The number of nitrogens with two attached hydrogens (primary N) is 1. The van der Waals surface area contributed by atoms with Gasteiger partial charge in [0.15, 0.2) is 0 Å². The molecule has 1 nitrogen and oxygen atoms in total. The lowest BCUT2D eigenvalue weighted by Crippen LogP contribution is -1.92. The summed E-state index contributed by atoms with van der Waals surface area (Å²) in [6.45, 7) is 2.03. The van der Waals surface area contributed by atoms with E-state index in [-0.39, 0.29) is 0 Å². The van der Waals surface area contributed by atoms with Gasteiger partial charge in [-0.15, -0.1) is 0 Å². The van der Waals surface area contributed by atoms with Gasteiger partial charge in [0.2, 0.25) is 0 Å². The van der Waals surface area contributed by atoms with Crippen LogP contribution in [-0.2, 0) is 0 Å². The predicted molar refractivity (Wildman–Crippen MR) is 61.0 cm³/mol. The van der Waals surface area contributed by atoms with Crippen LogP contribution in [0.2, 0.25) is 0 Å². The third-order valence-electron chi connectivity index (χ3n) is 2.41. The molecule has 0 amide bonds. The van der Waals surface area contributed by atoms with E-state index in [1.165, 1.54) is 5.56 Å². The van der Waals surface area contributed by atoms with Gasteiger partial charge in [-0.2, -0.15) is 0 Å². The lowest BCUT2D eigenvalue weighted by Gasteiger charge is -2.07. The van der Waals surface area contributed by atoms with E-state index >= 15 is 0 Å². The third-order valence-corrected chi connectivity index (χ3v) is 2.41. The molecule has 0 bridgehead atoms. The molecule has 0 aliphatic heterocycles. The van der Waals surface area contributed by atoms with E-state index in [1.807, 2.05) is 37.3 Å². The topological polar surface area (TPSA) is 26.0 Å². The minimum absolute atomic E-state index is 0.874. The molecule has 14 heavy (non-hydrogen) atoms. The molecule has 0 aliphatic carbocycles. The standard InChI is InChI=1S/C13H13N/c1-10-6-5-9-12(13(10)14)11-7-3-2-4-8-11/h2-9H,14H2,1H3. The Morgan fingerprint density at radius 3 is 2.29 bits per heavy atom. The van der Waals surface area contributed by atoms with Gasteiger partial charge in [0.05, 0.1) is 0 Å². The van der Waals surface area contributed by atoms with Crippen LogP contribution in [0.3, 0.4) is 0 Å². The first-order valence-electron chi connectivity index (χ1n) is 4.69. The molecule has 70 valence electrons. The van der Waals surface area contributed by atoms with Gasteiger partial charge in [-0.05, 0) is 18.1 Å². The van der Waals surface area contributed by atoms with Crippen LogP contribution >= 0.6 is 0 Å². The lowest BCUT2D eigenvalue weighted by atomic mass is 10.0. The average molecular weight is 183 g/mol. The predicted octanol–water partition coefficient (Wildman–Crippen LogP) is 3.24. The number of nitrogen functional groups attached to an aromatic ring is 1. The van der Waals surface area contributed by atoms with Gasteiger partial charge in [-0.25, -0.2) is 0 Å². The number of para-hydroxylation sites is 1. The molecule has 0 aliphatic rings. The number of aryl methyl sites for hydroxylation is 1. The minimum Gasteiger partial charge on any atom is -0.398 e. The monoisotopic (exact) mass is 183 g/mol. The molecule has 0 saturated carbocycles. The second kappa shape index (κ2) is 3.54. The van der Waals surface area contributed by atoms with Crippen LogP contribution in [0.4, 0.5) is 5.69 Å². The summed E-state index contributed by atoms with van der Waals surface area (Å²) in [7, 11) is 0. The van der Waals surface area contributed by atoms with Crippen LogP contribution in [0, 0.1) is 6.92 Å². The van der Waals surface area contributed by atoms with Gasteiger partial charge in [0.1, 0.15) is 0 Å². The summed E-state index contributed by atoms with van der Waals surface area (Å²) >= 11 is 0. The lowest BCUT2D eigenvalue weighted by molar-refractivity contribution is 1.46. The van der Waals surface area contributed by atoms with Crippen molar-refractivity contribution >= 4 is 5.69 Å². The second-order valence-corrected chi connectivity index (χ2v) is 3.40. The van der Waals surface area contributed by atoms with E-state index in [0.29, 0.717) is 0 Å². The Bertz CT molecular complexity index is 432. The molecule has 0 radical (unpaired) electrons. The van der Waals surface area contributed by atoms with Crippen LogP contribution in [0.15, 0.2) is 48.5 Å². The molecule has 2 rings (SSSR count). The highest BCUT2D eigenvalue weighted by atomic mass is 14.6. The third kappa shape index (κ3) is 1.49. The molecule has 2 N–H and O–H groups in total. The van der Waals surface area contributed by atoms with Gasteiger partial charge in [0.25, 0.3) is 0 Å². The first-order valence-corrected chi connectivity index (χ1v) is 4.69. The highest BCUT2D eigenvalue weighted by Crippen LogP contribution is 2.27. The molecule has 1 heteroatoms. The number of benzene rings is 2. The van der Waals surface area contributed by atoms with Crippen molar-refractivity contribution in [3.8, 4) is 11.1 Å². The van der Waals surface area contributed by atoms with E-state index in [4.69, 9.17) is 5.73 Å². The fraction of sp³-hybridized carbons (Fsp3) is 0.0769. The Kier molecular flexibility index (Phi) is 2.23. The molecule has 0 atom stereocenters. The van der Waals surface area contributed by atoms with Gasteiger partial charge in [-0.3, -0.25) is 0 Å². The van der Waals surface area contributed by atoms with Crippen LogP contribution in [0.1, 0.15) is 5.56 Å². The Morgan fingerprint density at radius 2 is 1.57 bits per heavy atom. The fourth-order valence-electron chi connectivity index (χ4n) is 1.55. The fourth-order valence-corrected chi connectivity index (χ4v) is 1.55. The average Bonchev–Trinajstić information content (AvgIpc) is 2.23. The number of hydrogen-bond acceptors (Lipinski definition) is 1. The SMILES string of the molecule is Cc1cccc(-c2ccccc2)c1N. The molecule has 2 aromatic carbocycles. The van der Waals surface area contributed by atoms with Crippen molar-refractivity contribution in [3.05, 3.63) is 54.1 Å². The molecule has 2 aromatic rings. The Balaban J connectivity index is 2.58. The summed E-state index contributed by atoms with van der Waals surface area (Å²) in [5, 5.41) is 0. The van der Waals surface area contributed by atoms with Crippen molar-refractivity contribution in [3.63, 3.8) is 0 Å². The van der Waals surface area contributed by atoms with Crippen molar-refractivity contribution in [2.45, 2.75) is 6.92 Å². The van der Waals surface area contributed by atoms with E-state index in [1.54, 1.807) is 0 Å². The number of hydrogen-bond donors (Lipinski definition) is 1. The maximum atomic E-state index is 6.01. The van der Waals surface area contributed by atoms with Gasteiger partial charge < -0.3 is 5.73 Å². The normalized spacial score (nSPS) is 10.1. The quantitative estimate of drug-likeness (QED) is 0.675. The Labute approximate surface area is 84.2 Å². The highest BCUT2D eigenvalue weighted by Gasteiger charge is 2.02. The first kappa shape index (κ1) is 8.82. The van der Waals surface area contributed by atoms with Crippen molar-refractivity contribution in [1.82, 2.24) is 0 Å². The molecule has 0 saturated heterocycles. The van der Waals surface area contributed by atoms with Gasteiger partial charge in [0, 0.05) is 11.3 Å². The summed E-state index contributed by atoms with van der Waals surface area (Å²) in [4.78, 5) is 0. The zero-order valence-corrected chi connectivity index (χ0v) is 8.20. The molecule has 0 aromatic heterocycles. The highest BCUT2D eigenvalue weighted by molar-refractivity contribution is 5.78. The van der Waals surface area contributed by atoms with E-state index < -0.39 is 0 Å². The van der Waals surface area contributed by atoms with E-state index in [9.17, 15) is 0 Å². The van der Waals surface area contributed by atoms with E-state index in [0.717, 1.165) is 16.8 Å². The smallest absolute Gasteiger partial charge is 0.0423 e. The maximum absolute atomic E-state index is 6.01. The summed E-state index contributed by atoms with van der Waals surface area (Å²) < 4.78 is 0. The van der Waals surface area contributed by atoms with Gasteiger partial charge in [-0.1, -0.05) is 48.5 Å². The molecule has 0 fully saturated rings. The maximum Gasteiger partial charge on any atom is 0.0423 e. The summed E-state index contributed by atoms with van der Waals surface area (Å²) in [6, 6.07) is 16.3. The van der Waals surface area contributed by atoms with Crippen LogP contribution in [0.25, 0.3) is 11.1 Å². The zero-order valence-electron chi connectivity index (χ0n) is 8.20. The largest absolute Gasteiger partial charge is 0.398 e. The van der Waals surface area contributed by atoms with Crippen molar-refractivity contribution in [1.29, 1.82) is 0 Å². The van der Waals surface area contributed by atoms with Crippen molar-refractivity contribution in [2.75, 3.05) is 5.73 Å². The Morgan fingerprint density at radius 1 is 0.857 bits per heavy atom. The summed E-state index contributed by atoms with van der Waals surface area (Å²) in [5.74, 6) is 0. The second-order valence-electron chi connectivity index (χ2n) is 3.40. The minimum atomic E-state index is 0.874. The van der Waals surface area contributed by atoms with Crippen LogP contribution in [0.5, 0.6) is 0 Å². The summed E-state index contributed by atoms with van der Waals surface area (Å²) in [6.07, 6.45) is 0. The number of rotatable bonds is 1. The Hall–Kier alpha value is -1.76. The molecule has 0 spiro atoms. The van der Waals surface area contributed by atoms with E-state index in [2.05, 4.69) is 18.2 Å². The van der Waals surface area contributed by atoms with Crippen LogP contribution in [-0.4, -0.2) is 0 Å². The molecule has 0 heterocycles. The first-order chi connectivity index (χ1) is 6.79. The molecular weight excluding hydrogens is 170 g/mol. The van der Waals surface area contributed by atoms with Gasteiger partial charge >= 0.3 is 0 Å².